The molecule has 7 nitrogen and oxygen atoms in total. The molecule has 0 saturated heterocycles. The molecule has 0 unspecified atom stereocenters. The van der Waals surface area contributed by atoms with Crippen molar-refractivity contribution in [3.63, 3.8) is 0 Å². The van der Waals surface area contributed by atoms with Crippen LogP contribution in [0.25, 0.3) is 0 Å². The molecule has 1 fully saturated rings. The van der Waals surface area contributed by atoms with Crippen LogP contribution < -0.4 is 14.8 Å². The fraction of sp³-hybridized carbons (Fsp3) is 0.300. The summed E-state index contributed by atoms with van der Waals surface area (Å²) >= 11 is 0. The second-order valence-electron chi connectivity index (χ2n) is 9.88. The van der Waals surface area contributed by atoms with Crippen molar-refractivity contribution in [1.29, 1.82) is 0 Å². The van der Waals surface area contributed by atoms with Crippen LogP contribution in [0.3, 0.4) is 0 Å². The largest absolute Gasteiger partial charge is 0.497 e. The van der Waals surface area contributed by atoms with Gasteiger partial charge in [-0.2, -0.15) is 0 Å². The molecule has 0 aromatic heterocycles. The number of methoxy groups -OCH3 is 2. The molecule has 1 amide bonds. The van der Waals surface area contributed by atoms with Gasteiger partial charge in [-0.05, 0) is 73.4 Å². The molecule has 2 aliphatic rings. The van der Waals surface area contributed by atoms with E-state index in [1.165, 1.54) is 0 Å². The third-order valence-corrected chi connectivity index (χ3v) is 7.86. The topological polar surface area (TPSA) is 102 Å². The van der Waals surface area contributed by atoms with Gasteiger partial charge in [0.1, 0.15) is 11.5 Å². The summed E-state index contributed by atoms with van der Waals surface area (Å²) in [4.78, 5) is 40.9. The Morgan fingerprint density at radius 3 is 2.16 bits per heavy atom. The monoisotopic (exact) mass is 499 g/mol. The number of hydrogen-bond donors (Lipinski definition) is 2. The second-order valence-corrected chi connectivity index (χ2v) is 9.88. The number of ketones is 2. The Balaban J connectivity index is 1.60. The highest BCUT2D eigenvalue weighted by atomic mass is 16.5. The number of hydrogen-bond acceptors (Lipinski definition) is 6. The Morgan fingerprint density at radius 1 is 0.892 bits per heavy atom. The van der Waals surface area contributed by atoms with E-state index < -0.39 is 16.9 Å². The van der Waals surface area contributed by atoms with E-state index in [0.29, 0.717) is 33.9 Å². The van der Waals surface area contributed by atoms with Gasteiger partial charge in [-0.15, -0.1) is 0 Å². The van der Waals surface area contributed by atoms with Gasteiger partial charge < -0.3 is 19.9 Å². The average Bonchev–Trinajstić information content (AvgIpc) is 3.03. The lowest BCUT2D eigenvalue weighted by atomic mass is 9.56. The molecule has 190 valence electrons. The number of nitrogens with one attached hydrogen (secondary N) is 1. The maximum atomic E-state index is 14.0. The van der Waals surface area contributed by atoms with Gasteiger partial charge in [0.25, 0.3) is 0 Å². The van der Waals surface area contributed by atoms with E-state index in [2.05, 4.69) is 5.32 Å². The van der Waals surface area contributed by atoms with Gasteiger partial charge >= 0.3 is 0 Å². The summed E-state index contributed by atoms with van der Waals surface area (Å²) in [6.45, 7) is 0. The number of ether oxygens (including phenoxy) is 2. The lowest BCUT2D eigenvalue weighted by Crippen LogP contribution is -2.51. The molecule has 0 bridgehead atoms. The van der Waals surface area contributed by atoms with E-state index in [0.717, 1.165) is 0 Å². The predicted molar refractivity (Wildman–Crippen MR) is 138 cm³/mol. The van der Waals surface area contributed by atoms with Crippen molar-refractivity contribution in [2.45, 2.75) is 31.3 Å². The number of fused-ring (bicyclic) bond motifs is 1. The maximum absolute atomic E-state index is 14.0. The smallest absolute Gasteiger partial charge is 0.225 e. The summed E-state index contributed by atoms with van der Waals surface area (Å²) in [7, 11) is 3.11. The fourth-order valence-corrected chi connectivity index (χ4v) is 5.78. The first-order valence-corrected chi connectivity index (χ1v) is 12.3. The predicted octanol–water partition coefficient (Wildman–Crippen LogP) is 4.79. The third kappa shape index (κ3) is 4.29. The lowest BCUT2D eigenvalue weighted by molar-refractivity contribution is -0.120. The number of aliphatic hydroxyl groups is 1. The first kappa shape index (κ1) is 24.7. The number of rotatable bonds is 5. The normalized spacial score (nSPS) is 25.1. The van der Waals surface area contributed by atoms with E-state index in [9.17, 15) is 19.5 Å². The Kier molecular flexibility index (Phi) is 6.33. The summed E-state index contributed by atoms with van der Waals surface area (Å²) in [6, 6.07) is 20.6. The average molecular weight is 500 g/mol. The van der Waals surface area contributed by atoms with Crippen LogP contribution in [0.4, 0.5) is 5.69 Å². The summed E-state index contributed by atoms with van der Waals surface area (Å²) in [5.41, 5.74) is -0.761. The zero-order valence-corrected chi connectivity index (χ0v) is 20.8. The number of amides is 1. The van der Waals surface area contributed by atoms with E-state index in [-0.39, 0.29) is 43.2 Å². The first-order chi connectivity index (χ1) is 17.8. The van der Waals surface area contributed by atoms with Crippen LogP contribution in [0.2, 0.25) is 0 Å². The van der Waals surface area contributed by atoms with E-state index in [1.807, 2.05) is 0 Å². The summed E-state index contributed by atoms with van der Waals surface area (Å²) in [5, 5.41) is 15.0. The molecule has 3 atom stereocenters. The van der Waals surface area contributed by atoms with Crippen LogP contribution in [0, 0.1) is 11.3 Å². The molecule has 3 aromatic carbocycles. The van der Waals surface area contributed by atoms with Crippen LogP contribution >= 0.6 is 0 Å². The molecule has 2 N–H and O–H groups in total. The molecule has 1 saturated carbocycles. The molecular formula is C30H29NO6. The van der Waals surface area contributed by atoms with Gasteiger partial charge in [0.2, 0.25) is 5.91 Å². The minimum absolute atomic E-state index is 0.0426. The van der Waals surface area contributed by atoms with Crippen molar-refractivity contribution in [1.82, 2.24) is 0 Å². The number of benzene rings is 3. The van der Waals surface area contributed by atoms with Gasteiger partial charge in [-0.25, -0.2) is 0 Å². The molecular weight excluding hydrogens is 470 g/mol. The lowest BCUT2D eigenvalue weighted by Gasteiger charge is -2.47. The number of carbonyl (C=O) groups excluding carboxylic acids is 3. The van der Waals surface area contributed by atoms with Crippen LogP contribution in [-0.2, 0) is 10.4 Å². The minimum atomic E-state index is -1.53. The van der Waals surface area contributed by atoms with Crippen molar-refractivity contribution in [2.75, 3.05) is 19.5 Å². The molecule has 7 heteroatoms. The molecule has 1 heterocycles. The van der Waals surface area contributed by atoms with Crippen molar-refractivity contribution in [3.05, 3.63) is 89.5 Å². The zero-order chi connectivity index (χ0) is 26.2. The van der Waals surface area contributed by atoms with Crippen molar-refractivity contribution < 1.29 is 29.0 Å². The zero-order valence-electron chi connectivity index (χ0n) is 20.8. The molecule has 37 heavy (non-hydrogen) atoms. The highest BCUT2D eigenvalue weighted by Crippen LogP contribution is 2.54. The van der Waals surface area contributed by atoms with Crippen LogP contribution in [0.15, 0.2) is 72.8 Å². The number of Topliss-reactive ketones (excluding diaryl/α,β-unsaturated/α-hetero) is 2. The summed E-state index contributed by atoms with van der Waals surface area (Å²) < 4.78 is 10.5. The number of anilines is 1. The Hall–Kier alpha value is -3.97. The Bertz CT molecular complexity index is 1350. The highest BCUT2D eigenvalue weighted by Gasteiger charge is 2.56. The van der Waals surface area contributed by atoms with Gasteiger partial charge in [-0.3, -0.25) is 14.4 Å². The molecule has 1 aliphatic carbocycles. The van der Waals surface area contributed by atoms with Gasteiger partial charge in [0.15, 0.2) is 11.6 Å². The second kappa shape index (κ2) is 9.48. The van der Waals surface area contributed by atoms with Crippen LogP contribution in [0.1, 0.15) is 52.0 Å². The van der Waals surface area contributed by atoms with Crippen molar-refractivity contribution >= 4 is 23.2 Å². The molecule has 1 spiro atoms. The Labute approximate surface area is 215 Å². The Morgan fingerprint density at radius 2 is 1.51 bits per heavy atom. The van der Waals surface area contributed by atoms with E-state index in [1.54, 1.807) is 87.0 Å². The quantitative estimate of drug-likeness (QED) is 0.490. The fourth-order valence-electron chi connectivity index (χ4n) is 5.78. The number of carbonyl (C=O) groups is 3. The van der Waals surface area contributed by atoms with E-state index in [4.69, 9.17) is 9.47 Å². The van der Waals surface area contributed by atoms with Crippen molar-refractivity contribution in [2.24, 2.45) is 11.3 Å². The number of para-hydroxylation sites is 1. The van der Waals surface area contributed by atoms with Crippen LogP contribution in [0.5, 0.6) is 11.5 Å². The highest BCUT2D eigenvalue weighted by molar-refractivity contribution is 6.12. The van der Waals surface area contributed by atoms with E-state index >= 15 is 0 Å². The third-order valence-electron chi connectivity index (χ3n) is 7.86. The summed E-state index contributed by atoms with van der Waals surface area (Å²) in [5.74, 6) is -0.454. The van der Waals surface area contributed by atoms with Crippen molar-refractivity contribution in [3.8, 4) is 11.5 Å². The van der Waals surface area contributed by atoms with Gasteiger partial charge in [0.05, 0.1) is 31.4 Å². The molecule has 1 aliphatic heterocycles. The van der Waals surface area contributed by atoms with Gasteiger partial charge in [-0.1, -0.05) is 24.3 Å². The maximum Gasteiger partial charge on any atom is 0.225 e. The standard InChI is InChI=1S/C30H29NO6/c1-36-21-11-7-19(8-12-21)27(33)24-17-29(15-16-30(24,35)20-9-13-22(37-2)14-10-20)18-26(32)31-25-6-4-3-5-23(25)28(29)34/h3-14,24,35H,15-18H2,1-2H3,(H,31,32)/t24-,29+,30+/m1/s1. The molecule has 3 aromatic rings. The summed E-state index contributed by atoms with van der Waals surface area (Å²) in [6.07, 6.45) is 0.405. The van der Waals surface area contributed by atoms with Gasteiger partial charge in [0, 0.05) is 23.0 Å². The molecule has 0 radical (unpaired) electrons. The first-order valence-electron chi connectivity index (χ1n) is 12.3. The minimum Gasteiger partial charge on any atom is -0.497 e. The SMILES string of the molecule is COc1ccc(C(=O)[C@H]2C[C@@]3(CC[C@]2(O)c2ccc(OC)cc2)CC(=O)Nc2ccccc2C3=O)cc1. The van der Waals surface area contributed by atoms with Crippen LogP contribution in [-0.4, -0.2) is 36.8 Å². The molecule has 5 rings (SSSR count).